The van der Waals surface area contributed by atoms with Gasteiger partial charge >= 0.3 is 0 Å². The number of hydrogen-bond donors (Lipinski definition) is 0. The fourth-order valence-corrected chi connectivity index (χ4v) is 3.61. The molecule has 5 nitrogen and oxygen atoms in total. The summed E-state index contributed by atoms with van der Waals surface area (Å²) in [7, 11) is 3.13. The molecule has 4 rings (SSSR count). The smallest absolute Gasteiger partial charge is 0.282 e. The lowest BCUT2D eigenvalue weighted by Gasteiger charge is -2.19. The molecule has 0 aliphatic carbocycles. The van der Waals surface area contributed by atoms with Gasteiger partial charge in [-0.25, -0.2) is 4.99 Å². The van der Waals surface area contributed by atoms with Crippen LogP contribution in [0.3, 0.4) is 0 Å². The van der Waals surface area contributed by atoms with Crippen molar-refractivity contribution >= 4 is 46.7 Å². The number of ether oxygens (including phenoxy) is 2. The summed E-state index contributed by atoms with van der Waals surface area (Å²) in [5, 5.41) is 1.05. The molecule has 0 spiro atoms. The molecule has 0 radical (unpaired) electrons. The molecule has 3 aromatic carbocycles. The van der Waals surface area contributed by atoms with Crippen LogP contribution in [-0.2, 0) is 4.79 Å². The van der Waals surface area contributed by atoms with Crippen LogP contribution >= 0.6 is 23.2 Å². The molecule has 0 bridgehead atoms. The average molecular weight is 453 g/mol. The summed E-state index contributed by atoms with van der Waals surface area (Å²) in [6.45, 7) is 0. The van der Waals surface area contributed by atoms with Gasteiger partial charge in [-0.05, 0) is 60.2 Å². The van der Waals surface area contributed by atoms with Gasteiger partial charge in [0.05, 0.1) is 24.9 Å². The number of amides is 1. The van der Waals surface area contributed by atoms with Crippen molar-refractivity contribution in [2.75, 3.05) is 19.1 Å². The number of carbonyl (C=O) groups is 1. The molecule has 3 aromatic rings. The monoisotopic (exact) mass is 452 g/mol. The van der Waals surface area contributed by atoms with Crippen LogP contribution in [0.4, 0.5) is 5.69 Å². The van der Waals surface area contributed by atoms with Gasteiger partial charge in [-0.3, -0.25) is 9.69 Å². The van der Waals surface area contributed by atoms with E-state index in [1.54, 1.807) is 56.7 Å². The van der Waals surface area contributed by atoms with Crippen LogP contribution < -0.4 is 14.4 Å². The van der Waals surface area contributed by atoms with Gasteiger partial charge in [0.2, 0.25) is 0 Å². The number of anilines is 1. The SMILES string of the molecule is COc1ccc(C=C2N=C(c3ccc(Cl)cc3)N(c3ccccc3Cl)C2=O)cc1OC. The summed E-state index contributed by atoms with van der Waals surface area (Å²) in [5.41, 5.74) is 2.32. The summed E-state index contributed by atoms with van der Waals surface area (Å²) in [4.78, 5) is 19.5. The number of benzene rings is 3. The fourth-order valence-electron chi connectivity index (χ4n) is 3.27. The number of hydrogen-bond acceptors (Lipinski definition) is 4. The predicted molar refractivity (Wildman–Crippen MR) is 124 cm³/mol. The van der Waals surface area contributed by atoms with Crippen molar-refractivity contribution in [2.24, 2.45) is 4.99 Å². The zero-order valence-electron chi connectivity index (χ0n) is 16.8. The van der Waals surface area contributed by atoms with E-state index in [4.69, 9.17) is 32.7 Å². The Labute approximate surface area is 190 Å². The predicted octanol–water partition coefficient (Wildman–Crippen LogP) is 5.85. The highest BCUT2D eigenvalue weighted by Crippen LogP contribution is 2.34. The topological polar surface area (TPSA) is 51.1 Å². The van der Waals surface area contributed by atoms with Crippen molar-refractivity contribution in [1.29, 1.82) is 0 Å². The van der Waals surface area contributed by atoms with E-state index in [0.29, 0.717) is 33.1 Å². The highest BCUT2D eigenvalue weighted by Gasteiger charge is 2.33. The minimum Gasteiger partial charge on any atom is -0.493 e. The zero-order valence-corrected chi connectivity index (χ0v) is 18.3. The Hall–Kier alpha value is -3.28. The molecule has 0 fully saturated rings. The number of rotatable bonds is 5. The third-order valence-corrected chi connectivity index (χ3v) is 5.34. The number of methoxy groups -OCH3 is 2. The minimum atomic E-state index is -0.284. The second kappa shape index (κ2) is 8.84. The van der Waals surface area contributed by atoms with Crippen LogP contribution in [0.1, 0.15) is 11.1 Å². The normalized spacial score (nSPS) is 14.7. The Morgan fingerprint density at radius 1 is 0.903 bits per heavy atom. The van der Waals surface area contributed by atoms with E-state index in [0.717, 1.165) is 11.1 Å². The molecule has 0 saturated carbocycles. The average Bonchev–Trinajstić information content (AvgIpc) is 3.10. The van der Waals surface area contributed by atoms with E-state index in [-0.39, 0.29) is 11.6 Å². The van der Waals surface area contributed by atoms with Crippen molar-refractivity contribution in [3.05, 3.63) is 93.6 Å². The van der Waals surface area contributed by atoms with Crippen LogP contribution in [0, 0.1) is 0 Å². The summed E-state index contributed by atoms with van der Waals surface area (Å²) in [5.74, 6) is 1.35. The van der Waals surface area contributed by atoms with Crippen LogP contribution in [0.2, 0.25) is 10.0 Å². The second-order valence-corrected chi connectivity index (χ2v) is 7.52. The van der Waals surface area contributed by atoms with Gasteiger partial charge in [0.25, 0.3) is 5.91 Å². The molecular weight excluding hydrogens is 435 g/mol. The van der Waals surface area contributed by atoms with Gasteiger partial charge in [-0.15, -0.1) is 0 Å². The first kappa shape index (κ1) is 21.0. The van der Waals surface area contributed by atoms with Crippen LogP contribution in [0.15, 0.2) is 77.4 Å². The molecule has 1 aliphatic rings. The van der Waals surface area contributed by atoms with E-state index in [9.17, 15) is 4.79 Å². The van der Waals surface area contributed by atoms with E-state index < -0.39 is 0 Å². The maximum atomic E-state index is 13.4. The van der Waals surface area contributed by atoms with Crippen LogP contribution in [0.25, 0.3) is 6.08 Å². The lowest BCUT2D eigenvalue weighted by atomic mass is 10.1. The lowest BCUT2D eigenvalue weighted by Crippen LogP contribution is -2.32. The number of aliphatic imine (C=N–C) groups is 1. The van der Waals surface area contributed by atoms with Gasteiger partial charge in [0, 0.05) is 10.6 Å². The Morgan fingerprint density at radius 2 is 1.61 bits per heavy atom. The zero-order chi connectivity index (χ0) is 22.0. The highest BCUT2D eigenvalue weighted by atomic mass is 35.5. The first-order chi connectivity index (χ1) is 15.0. The molecular formula is C24H18Cl2N2O3. The van der Waals surface area contributed by atoms with Crippen molar-refractivity contribution in [2.45, 2.75) is 0 Å². The molecule has 0 atom stereocenters. The number of para-hydroxylation sites is 1. The van der Waals surface area contributed by atoms with Crippen molar-refractivity contribution in [3.8, 4) is 11.5 Å². The molecule has 0 N–H and O–H groups in total. The maximum Gasteiger partial charge on any atom is 0.282 e. The Balaban J connectivity index is 1.82. The maximum absolute atomic E-state index is 13.4. The Morgan fingerprint density at radius 3 is 2.29 bits per heavy atom. The number of halogens is 2. The molecule has 7 heteroatoms. The standard InChI is InChI=1S/C24H18Cl2N2O3/c1-30-21-12-7-15(14-22(21)31-2)13-19-24(29)28(20-6-4-3-5-18(20)26)23(27-19)16-8-10-17(25)11-9-16/h3-14H,1-2H3. The molecule has 31 heavy (non-hydrogen) atoms. The van der Waals surface area contributed by atoms with Crippen molar-refractivity contribution in [1.82, 2.24) is 0 Å². The van der Waals surface area contributed by atoms with Gasteiger partial charge in [-0.1, -0.05) is 41.4 Å². The summed E-state index contributed by atoms with van der Waals surface area (Å²) in [6, 6.07) is 19.7. The first-order valence-electron chi connectivity index (χ1n) is 9.39. The molecule has 0 aromatic heterocycles. The molecule has 0 unspecified atom stereocenters. The summed E-state index contributed by atoms with van der Waals surface area (Å²) >= 11 is 12.4. The number of amidine groups is 1. The van der Waals surface area contributed by atoms with Gasteiger partial charge in [0.1, 0.15) is 11.5 Å². The molecule has 1 amide bonds. The van der Waals surface area contributed by atoms with E-state index in [1.807, 2.05) is 30.3 Å². The number of nitrogens with zero attached hydrogens (tertiary/aromatic N) is 2. The quantitative estimate of drug-likeness (QED) is 0.456. The summed E-state index contributed by atoms with van der Waals surface area (Å²) < 4.78 is 10.6. The molecule has 0 saturated heterocycles. The number of carbonyl (C=O) groups excluding carboxylic acids is 1. The Bertz CT molecular complexity index is 1200. The highest BCUT2D eigenvalue weighted by molar-refractivity contribution is 6.39. The van der Waals surface area contributed by atoms with Gasteiger partial charge in [0.15, 0.2) is 11.5 Å². The van der Waals surface area contributed by atoms with Crippen molar-refractivity contribution in [3.63, 3.8) is 0 Å². The molecule has 1 aliphatic heterocycles. The van der Waals surface area contributed by atoms with Crippen LogP contribution in [-0.4, -0.2) is 26.0 Å². The Kier molecular flexibility index (Phi) is 5.98. The minimum absolute atomic E-state index is 0.275. The van der Waals surface area contributed by atoms with Crippen molar-refractivity contribution < 1.29 is 14.3 Å². The third kappa shape index (κ3) is 4.15. The van der Waals surface area contributed by atoms with E-state index in [1.165, 1.54) is 4.90 Å². The fraction of sp³-hybridized carbons (Fsp3) is 0.0833. The van der Waals surface area contributed by atoms with E-state index in [2.05, 4.69) is 4.99 Å². The lowest BCUT2D eigenvalue weighted by molar-refractivity contribution is -0.113. The van der Waals surface area contributed by atoms with E-state index >= 15 is 0 Å². The molecule has 156 valence electrons. The van der Waals surface area contributed by atoms with Gasteiger partial charge < -0.3 is 9.47 Å². The largest absolute Gasteiger partial charge is 0.493 e. The van der Waals surface area contributed by atoms with Crippen LogP contribution in [0.5, 0.6) is 11.5 Å². The summed E-state index contributed by atoms with van der Waals surface area (Å²) in [6.07, 6.45) is 1.71. The van der Waals surface area contributed by atoms with Gasteiger partial charge in [-0.2, -0.15) is 0 Å². The third-order valence-electron chi connectivity index (χ3n) is 4.77. The second-order valence-electron chi connectivity index (χ2n) is 6.68. The molecule has 1 heterocycles. The first-order valence-corrected chi connectivity index (χ1v) is 10.1.